The number of nitrogens with zero attached hydrogens (tertiary/aromatic N) is 2. The van der Waals surface area contributed by atoms with Crippen molar-refractivity contribution >= 4 is 6.02 Å². The minimum atomic E-state index is -0.495. The summed E-state index contributed by atoms with van der Waals surface area (Å²) < 4.78 is 32.6. The molecule has 0 amide bonds. The highest BCUT2D eigenvalue weighted by molar-refractivity contribution is 5.79. The van der Waals surface area contributed by atoms with Gasteiger partial charge >= 0.3 is 0 Å². The van der Waals surface area contributed by atoms with Crippen molar-refractivity contribution in [1.29, 1.82) is 0 Å². The van der Waals surface area contributed by atoms with Gasteiger partial charge < -0.3 is 9.64 Å². The Bertz CT molecular complexity index is 758. The van der Waals surface area contributed by atoms with Gasteiger partial charge in [0.1, 0.15) is 17.4 Å². The van der Waals surface area contributed by atoms with Crippen LogP contribution < -0.4 is 4.74 Å². The average Bonchev–Trinajstić information content (AvgIpc) is 2.68. The normalized spacial score (nSPS) is 19.6. The number of ether oxygens (including phenoxy) is 1. The Hall–Kier alpha value is -2.43. The smallest absolute Gasteiger partial charge is 0.293 e. The van der Waals surface area contributed by atoms with E-state index >= 15 is 0 Å². The highest BCUT2D eigenvalue weighted by Crippen LogP contribution is 2.39. The first-order valence-electron chi connectivity index (χ1n) is 7.38. The fourth-order valence-electron chi connectivity index (χ4n) is 3.01. The minimum absolute atomic E-state index is 0.165. The maximum Gasteiger partial charge on any atom is 0.293 e. The third-order valence-electron chi connectivity index (χ3n) is 3.91. The quantitative estimate of drug-likeness (QED) is 0.831. The van der Waals surface area contributed by atoms with Gasteiger partial charge in [0, 0.05) is 13.1 Å². The number of hydrogen-bond acceptors (Lipinski definition) is 3. The van der Waals surface area contributed by atoms with Crippen molar-refractivity contribution in [2.24, 2.45) is 4.99 Å². The van der Waals surface area contributed by atoms with Crippen LogP contribution in [0.1, 0.15) is 25.5 Å². The molecule has 2 aromatic carbocycles. The summed E-state index contributed by atoms with van der Waals surface area (Å²) in [6.45, 7) is 3.92. The molecule has 3 nitrogen and oxygen atoms in total. The van der Waals surface area contributed by atoms with E-state index in [2.05, 4.69) is 4.99 Å². The van der Waals surface area contributed by atoms with Crippen molar-refractivity contribution in [3.05, 3.63) is 65.7 Å². The van der Waals surface area contributed by atoms with E-state index < -0.39 is 5.54 Å². The lowest BCUT2D eigenvalue weighted by atomic mass is 9.89. The van der Waals surface area contributed by atoms with Crippen molar-refractivity contribution in [3.8, 4) is 5.75 Å². The Kier molecular flexibility index (Phi) is 3.80. The van der Waals surface area contributed by atoms with E-state index in [0.717, 1.165) is 5.56 Å². The fraction of sp³-hybridized carbons (Fsp3) is 0.278. The SMILES string of the molecule is CN1C(Oc2cccc(F)c2)=NC(C)(C)C1c1cccc(F)c1. The standard InChI is InChI=1S/C18H18F2N2O/c1-18(2)16(12-6-4-7-13(19)10-12)22(3)17(21-18)23-15-9-5-8-14(20)11-15/h4-11,16H,1-3H3. The van der Waals surface area contributed by atoms with E-state index in [0.29, 0.717) is 11.8 Å². The lowest BCUT2D eigenvalue weighted by molar-refractivity contribution is 0.275. The third kappa shape index (κ3) is 3.04. The van der Waals surface area contributed by atoms with E-state index in [1.54, 1.807) is 18.2 Å². The molecule has 120 valence electrons. The van der Waals surface area contributed by atoms with Crippen LogP contribution in [-0.4, -0.2) is 23.5 Å². The van der Waals surface area contributed by atoms with Crippen LogP contribution in [0.4, 0.5) is 8.78 Å². The Morgan fingerprint density at radius 3 is 2.35 bits per heavy atom. The first kappa shape index (κ1) is 15.5. The van der Waals surface area contributed by atoms with Gasteiger partial charge in [0.15, 0.2) is 0 Å². The number of rotatable bonds is 2. The molecular formula is C18H18F2N2O. The number of hydrogen-bond donors (Lipinski definition) is 0. The monoisotopic (exact) mass is 316 g/mol. The molecule has 2 aromatic rings. The molecule has 0 saturated heterocycles. The molecule has 0 radical (unpaired) electrons. The second-order valence-electron chi connectivity index (χ2n) is 6.18. The zero-order valence-electron chi connectivity index (χ0n) is 13.3. The number of amidine groups is 1. The summed E-state index contributed by atoms with van der Waals surface area (Å²) in [4.78, 5) is 6.44. The van der Waals surface area contributed by atoms with Crippen LogP contribution in [0, 0.1) is 11.6 Å². The first-order chi connectivity index (χ1) is 10.9. The summed E-state index contributed by atoms with van der Waals surface area (Å²) in [5.74, 6) is -0.276. The molecule has 0 spiro atoms. The summed E-state index contributed by atoms with van der Waals surface area (Å²) in [5, 5.41) is 0. The molecule has 0 bridgehead atoms. The van der Waals surface area contributed by atoms with Crippen LogP contribution >= 0.6 is 0 Å². The predicted molar refractivity (Wildman–Crippen MR) is 85.4 cm³/mol. The van der Waals surface area contributed by atoms with E-state index in [1.807, 2.05) is 31.9 Å². The van der Waals surface area contributed by atoms with Crippen LogP contribution in [0.2, 0.25) is 0 Å². The summed E-state index contributed by atoms with van der Waals surface area (Å²) in [6, 6.07) is 12.6. The van der Waals surface area contributed by atoms with Crippen molar-refractivity contribution in [2.75, 3.05) is 7.05 Å². The molecule has 1 atom stereocenters. The second-order valence-corrected chi connectivity index (χ2v) is 6.18. The Morgan fingerprint density at radius 2 is 1.70 bits per heavy atom. The van der Waals surface area contributed by atoms with Gasteiger partial charge in [0.2, 0.25) is 0 Å². The van der Waals surface area contributed by atoms with Gasteiger partial charge in [-0.1, -0.05) is 18.2 Å². The van der Waals surface area contributed by atoms with Gasteiger partial charge in [-0.05, 0) is 43.7 Å². The molecule has 0 N–H and O–H groups in total. The predicted octanol–water partition coefficient (Wildman–Crippen LogP) is 4.16. The fourth-order valence-corrected chi connectivity index (χ4v) is 3.01. The van der Waals surface area contributed by atoms with Gasteiger partial charge in [-0.15, -0.1) is 0 Å². The van der Waals surface area contributed by atoms with Crippen molar-refractivity contribution < 1.29 is 13.5 Å². The lowest BCUT2D eigenvalue weighted by Crippen LogP contribution is -2.35. The summed E-state index contributed by atoms with van der Waals surface area (Å²) in [5.41, 5.74) is 0.324. The van der Waals surface area contributed by atoms with E-state index in [1.165, 1.54) is 24.3 Å². The zero-order valence-corrected chi connectivity index (χ0v) is 13.3. The molecule has 0 aliphatic carbocycles. The molecule has 23 heavy (non-hydrogen) atoms. The van der Waals surface area contributed by atoms with Crippen LogP contribution in [0.25, 0.3) is 0 Å². The summed E-state index contributed by atoms with van der Waals surface area (Å²) in [6.07, 6.45) is 0. The molecule has 0 saturated carbocycles. The summed E-state index contributed by atoms with van der Waals surface area (Å²) >= 11 is 0. The molecule has 1 aliphatic rings. The third-order valence-corrected chi connectivity index (χ3v) is 3.91. The number of likely N-dealkylation sites (N-methyl/N-ethyl adjacent to an activating group) is 1. The first-order valence-corrected chi connectivity index (χ1v) is 7.38. The largest absolute Gasteiger partial charge is 0.426 e. The molecule has 3 rings (SSSR count). The number of halogens is 2. The van der Waals surface area contributed by atoms with E-state index in [4.69, 9.17) is 4.74 Å². The molecule has 0 fully saturated rings. The molecule has 0 aromatic heterocycles. The topological polar surface area (TPSA) is 24.8 Å². The highest BCUT2D eigenvalue weighted by Gasteiger charge is 2.42. The average molecular weight is 316 g/mol. The van der Waals surface area contributed by atoms with Crippen molar-refractivity contribution in [3.63, 3.8) is 0 Å². The number of benzene rings is 2. The van der Waals surface area contributed by atoms with E-state index in [-0.39, 0.29) is 17.7 Å². The molecule has 1 heterocycles. The maximum absolute atomic E-state index is 13.6. The molecule has 1 unspecified atom stereocenters. The zero-order chi connectivity index (χ0) is 16.6. The maximum atomic E-state index is 13.6. The van der Waals surface area contributed by atoms with Crippen LogP contribution in [0.5, 0.6) is 5.75 Å². The lowest BCUT2D eigenvalue weighted by Gasteiger charge is -2.30. The Balaban J connectivity index is 1.90. The summed E-state index contributed by atoms with van der Waals surface area (Å²) in [7, 11) is 1.84. The molecular weight excluding hydrogens is 298 g/mol. The van der Waals surface area contributed by atoms with Crippen molar-refractivity contribution in [2.45, 2.75) is 25.4 Å². The van der Waals surface area contributed by atoms with Gasteiger partial charge in [-0.3, -0.25) is 0 Å². The highest BCUT2D eigenvalue weighted by atomic mass is 19.1. The minimum Gasteiger partial charge on any atom is -0.426 e. The Morgan fingerprint density at radius 1 is 1.04 bits per heavy atom. The number of aliphatic imine (C=N–C) groups is 1. The van der Waals surface area contributed by atoms with Crippen molar-refractivity contribution in [1.82, 2.24) is 4.90 Å². The van der Waals surface area contributed by atoms with Crippen LogP contribution in [0.3, 0.4) is 0 Å². The van der Waals surface area contributed by atoms with Gasteiger partial charge in [0.25, 0.3) is 6.02 Å². The Labute approximate surface area is 134 Å². The van der Waals surface area contributed by atoms with Crippen LogP contribution in [0.15, 0.2) is 53.5 Å². The molecule has 5 heteroatoms. The van der Waals surface area contributed by atoms with Gasteiger partial charge in [-0.2, -0.15) is 0 Å². The second kappa shape index (κ2) is 5.65. The van der Waals surface area contributed by atoms with Gasteiger partial charge in [0.05, 0.1) is 11.6 Å². The van der Waals surface area contributed by atoms with Crippen LogP contribution in [-0.2, 0) is 0 Å². The van der Waals surface area contributed by atoms with E-state index in [9.17, 15) is 8.78 Å². The molecule has 1 aliphatic heterocycles. The van der Waals surface area contributed by atoms with Gasteiger partial charge in [-0.25, -0.2) is 13.8 Å².